The van der Waals surface area contributed by atoms with Gasteiger partial charge in [0.2, 0.25) is 0 Å². The number of benzene rings is 2. The second-order valence-corrected chi connectivity index (χ2v) is 4.89. The van der Waals surface area contributed by atoms with Crippen molar-refractivity contribution < 1.29 is 14.5 Å². The Bertz CT molecular complexity index is 741. The lowest BCUT2D eigenvalue weighted by atomic mass is 10.1. The molecule has 2 aromatic carbocycles. The second-order valence-electron chi connectivity index (χ2n) is 4.89. The zero-order valence-electron chi connectivity index (χ0n) is 12.5. The van der Waals surface area contributed by atoms with Crippen LogP contribution in [0.15, 0.2) is 36.4 Å². The molecule has 6 nitrogen and oxygen atoms in total. The van der Waals surface area contributed by atoms with Crippen molar-refractivity contribution in [1.82, 2.24) is 0 Å². The number of methoxy groups -OCH3 is 1. The number of amides is 1. The zero-order chi connectivity index (χ0) is 16.3. The first-order chi connectivity index (χ1) is 10.4. The molecule has 0 unspecified atom stereocenters. The maximum absolute atomic E-state index is 12.2. The number of aryl methyl sites for hydroxylation is 2. The van der Waals surface area contributed by atoms with Gasteiger partial charge in [0.05, 0.1) is 18.1 Å². The Morgan fingerprint density at radius 3 is 2.45 bits per heavy atom. The number of nitro benzene ring substituents is 1. The molecule has 2 rings (SSSR count). The molecule has 0 bridgehead atoms. The van der Waals surface area contributed by atoms with Crippen molar-refractivity contribution in [3.63, 3.8) is 0 Å². The van der Waals surface area contributed by atoms with E-state index in [0.717, 1.165) is 11.1 Å². The quantitative estimate of drug-likeness (QED) is 0.692. The predicted molar refractivity (Wildman–Crippen MR) is 83.5 cm³/mol. The molecule has 0 saturated heterocycles. The monoisotopic (exact) mass is 300 g/mol. The molecule has 0 atom stereocenters. The molecule has 114 valence electrons. The van der Waals surface area contributed by atoms with Gasteiger partial charge in [-0.3, -0.25) is 14.9 Å². The van der Waals surface area contributed by atoms with Crippen molar-refractivity contribution in [2.24, 2.45) is 0 Å². The van der Waals surface area contributed by atoms with Crippen LogP contribution in [0.3, 0.4) is 0 Å². The summed E-state index contributed by atoms with van der Waals surface area (Å²) in [5.41, 5.74) is 2.43. The third-order valence-corrected chi connectivity index (χ3v) is 3.42. The summed E-state index contributed by atoms with van der Waals surface area (Å²) >= 11 is 0. The summed E-state index contributed by atoms with van der Waals surface area (Å²) in [6, 6.07) is 9.56. The third kappa shape index (κ3) is 3.22. The number of hydrogen-bond acceptors (Lipinski definition) is 4. The summed E-state index contributed by atoms with van der Waals surface area (Å²) in [6.45, 7) is 3.85. The maximum atomic E-state index is 12.2. The molecular weight excluding hydrogens is 284 g/mol. The fourth-order valence-corrected chi connectivity index (χ4v) is 1.97. The van der Waals surface area contributed by atoms with E-state index in [1.165, 1.54) is 19.2 Å². The molecule has 0 aromatic heterocycles. The summed E-state index contributed by atoms with van der Waals surface area (Å²) in [4.78, 5) is 22.8. The van der Waals surface area contributed by atoms with Crippen LogP contribution in [0.5, 0.6) is 5.75 Å². The Kier molecular flexibility index (Phi) is 4.41. The maximum Gasteiger partial charge on any atom is 0.296 e. The lowest BCUT2D eigenvalue weighted by Gasteiger charge is -2.09. The highest BCUT2D eigenvalue weighted by Gasteiger charge is 2.18. The topological polar surface area (TPSA) is 81.5 Å². The van der Waals surface area contributed by atoms with E-state index in [0.29, 0.717) is 11.3 Å². The highest BCUT2D eigenvalue weighted by atomic mass is 16.6. The van der Waals surface area contributed by atoms with Crippen molar-refractivity contribution in [1.29, 1.82) is 0 Å². The molecule has 1 N–H and O–H groups in total. The minimum Gasteiger partial charge on any atom is -0.496 e. The van der Waals surface area contributed by atoms with Crippen LogP contribution in [0.4, 0.5) is 11.4 Å². The first kappa shape index (κ1) is 15.5. The van der Waals surface area contributed by atoms with Gasteiger partial charge in [-0.2, -0.15) is 0 Å². The molecule has 0 saturated carbocycles. The summed E-state index contributed by atoms with van der Waals surface area (Å²) in [5.74, 6) is -0.0350. The van der Waals surface area contributed by atoms with E-state index in [1.54, 1.807) is 18.2 Å². The van der Waals surface area contributed by atoms with Gasteiger partial charge < -0.3 is 10.1 Å². The molecular formula is C16H16N2O4. The van der Waals surface area contributed by atoms with Gasteiger partial charge in [-0.05, 0) is 49.2 Å². The fourth-order valence-electron chi connectivity index (χ4n) is 1.97. The number of nitro groups is 1. The third-order valence-electron chi connectivity index (χ3n) is 3.42. The van der Waals surface area contributed by atoms with Gasteiger partial charge in [0.1, 0.15) is 11.4 Å². The van der Waals surface area contributed by atoms with Gasteiger partial charge in [-0.15, -0.1) is 0 Å². The molecule has 1 amide bonds. The Morgan fingerprint density at radius 1 is 1.14 bits per heavy atom. The number of carbonyl (C=O) groups is 1. The average Bonchev–Trinajstić information content (AvgIpc) is 2.50. The molecule has 0 heterocycles. The molecule has 0 aliphatic carbocycles. The SMILES string of the molecule is COc1ccc(NC(=O)c2ccc(C)c(C)c2)c([N+](=O)[O-])c1. The van der Waals surface area contributed by atoms with Gasteiger partial charge in [-0.1, -0.05) is 6.07 Å². The smallest absolute Gasteiger partial charge is 0.296 e. The van der Waals surface area contributed by atoms with Gasteiger partial charge in [0, 0.05) is 5.56 Å². The van der Waals surface area contributed by atoms with Crippen molar-refractivity contribution in [3.8, 4) is 5.75 Å². The minimum atomic E-state index is -0.557. The van der Waals surface area contributed by atoms with Crippen LogP contribution in [-0.2, 0) is 0 Å². The normalized spacial score (nSPS) is 10.1. The molecule has 0 radical (unpaired) electrons. The first-order valence-electron chi connectivity index (χ1n) is 6.63. The summed E-state index contributed by atoms with van der Waals surface area (Å²) in [6.07, 6.45) is 0. The van der Waals surface area contributed by atoms with Crippen molar-refractivity contribution in [2.45, 2.75) is 13.8 Å². The number of anilines is 1. The molecule has 0 fully saturated rings. The standard InChI is InChI=1S/C16H16N2O4/c1-10-4-5-12(8-11(10)2)16(19)17-14-7-6-13(22-3)9-15(14)18(20)21/h4-9H,1-3H3,(H,17,19). The number of nitrogens with one attached hydrogen (secondary N) is 1. The first-order valence-corrected chi connectivity index (χ1v) is 6.63. The number of ether oxygens (including phenoxy) is 1. The van der Waals surface area contributed by atoms with E-state index in [4.69, 9.17) is 4.74 Å². The number of hydrogen-bond donors (Lipinski definition) is 1. The van der Waals surface area contributed by atoms with E-state index >= 15 is 0 Å². The second kappa shape index (κ2) is 6.26. The van der Waals surface area contributed by atoms with E-state index in [9.17, 15) is 14.9 Å². The lowest BCUT2D eigenvalue weighted by molar-refractivity contribution is -0.384. The highest BCUT2D eigenvalue weighted by Crippen LogP contribution is 2.29. The molecule has 0 aliphatic rings. The Hall–Kier alpha value is -2.89. The van der Waals surface area contributed by atoms with Crippen LogP contribution >= 0.6 is 0 Å². The largest absolute Gasteiger partial charge is 0.496 e. The highest BCUT2D eigenvalue weighted by molar-refractivity contribution is 6.05. The predicted octanol–water partition coefficient (Wildman–Crippen LogP) is 3.47. The van der Waals surface area contributed by atoms with Gasteiger partial charge in [-0.25, -0.2) is 0 Å². The van der Waals surface area contributed by atoms with E-state index in [2.05, 4.69) is 5.32 Å². The molecule has 22 heavy (non-hydrogen) atoms. The van der Waals surface area contributed by atoms with Gasteiger partial charge >= 0.3 is 0 Å². The fraction of sp³-hybridized carbons (Fsp3) is 0.188. The van der Waals surface area contributed by atoms with Crippen molar-refractivity contribution in [3.05, 3.63) is 63.2 Å². The number of carbonyl (C=O) groups excluding carboxylic acids is 1. The van der Waals surface area contributed by atoms with Crippen LogP contribution in [0.1, 0.15) is 21.5 Å². The Labute approximate surface area is 127 Å². The van der Waals surface area contributed by atoms with E-state index < -0.39 is 10.8 Å². The van der Waals surface area contributed by atoms with Crippen LogP contribution < -0.4 is 10.1 Å². The summed E-state index contributed by atoms with van der Waals surface area (Å²) in [5, 5.41) is 13.7. The van der Waals surface area contributed by atoms with Crippen LogP contribution in [-0.4, -0.2) is 17.9 Å². The number of nitrogens with zero attached hydrogens (tertiary/aromatic N) is 1. The van der Waals surface area contributed by atoms with Crippen molar-refractivity contribution in [2.75, 3.05) is 12.4 Å². The average molecular weight is 300 g/mol. The van der Waals surface area contributed by atoms with E-state index in [-0.39, 0.29) is 11.4 Å². The summed E-state index contributed by atoms with van der Waals surface area (Å²) < 4.78 is 4.96. The lowest BCUT2D eigenvalue weighted by Crippen LogP contribution is -2.13. The van der Waals surface area contributed by atoms with Crippen LogP contribution in [0.25, 0.3) is 0 Å². The Morgan fingerprint density at radius 2 is 1.86 bits per heavy atom. The molecule has 6 heteroatoms. The number of rotatable bonds is 4. The minimum absolute atomic E-state index is 0.133. The molecule has 2 aromatic rings. The van der Waals surface area contributed by atoms with Gasteiger partial charge in [0.15, 0.2) is 0 Å². The van der Waals surface area contributed by atoms with E-state index in [1.807, 2.05) is 19.9 Å². The van der Waals surface area contributed by atoms with Crippen LogP contribution in [0, 0.1) is 24.0 Å². The molecule has 0 aliphatic heterocycles. The Balaban J connectivity index is 2.31. The van der Waals surface area contributed by atoms with Crippen molar-refractivity contribution >= 4 is 17.3 Å². The van der Waals surface area contributed by atoms with Crippen LogP contribution in [0.2, 0.25) is 0 Å². The zero-order valence-corrected chi connectivity index (χ0v) is 12.5. The summed E-state index contributed by atoms with van der Waals surface area (Å²) in [7, 11) is 1.42. The van der Waals surface area contributed by atoms with Gasteiger partial charge in [0.25, 0.3) is 11.6 Å². The molecule has 0 spiro atoms.